The van der Waals surface area contributed by atoms with E-state index in [0.717, 1.165) is 23.2 Å². The highest BCUT2D eigenvalue weighted by atomic mass is 79.9. The molecule has 1 heterocycles. The molecule has 0 saturated carbocycles. The molecule has 0 radical (unpaired) electrons. The van der Waals surface area contributed by atoms with Crippen molar-refractivity contribution in [3.8, 4) is 11.5 Å². The third-order valence-electron chi connectivity index (χ3n) is 2.73. The van der Waals surface area contributed by atoms with Crippen molar-refractivity contribution >= 4 is 15.9 Å². The van der Waals surface area contributed by atoms with E-state index >= 15 is 0 Å². The van der Waals surface area contributed by atoms with Gasteiger partial charge < -0.3 is 14.5 Å². The first-order chi connectivity index (χ1) is 9.70. The summed E-state index contributed by atoms with van der Waals surface area (Å²) in [5.41, 5.74) is 0.897. The predicted octanol–water partition coefficient (Wildman–Crippen LogP) is 3.01. The molecule has 0 bridgehead atoms. The van der Waals surface area contributed by atoms with Crippen molar-refractivity contribution < 1.29 is 9.15 Å². The van der Waals surface area contributed by atoms with E-state index in [9.17, 15) is 0 Å². The van der Waals surface area contributed by atoms with Crippen LogP contribution in [0.15, 0.2) is 33.2 Å². The van der Waals surface area contributed by atoms with Crippen LogP contribution in [0.25, 0.3) is 11.5 Å². The fourth-order valence-electron chi connectivity index (χ4n) is 1.79. The fraction of sp³-hybridized carbons (Fsp3) is 0.429. The normalized spacial score (nSPS) is 12.6. The summed E-state index contributed by atoms with van der Waals surface area (Å²) in [4.78, 5) is 0. The zero-order chi connectivity index (χ0) is 14.4. The number of halogens is 1. The third-order valence-corrected chi connectivity index (χ3v) is 3.42. The van der Waals surface area contributed by atoms with E-state index in [0.29, 0.717) is 18.3 Å². The molecule has 1 aromatic carbocycles. The van der Waals surface area contributed by atoms with E-state index in [2.05, 4.69) is 31.4 Å². The molecule has 0 aliphatic heterocycles. The SMILES string of the molecule is CCOC(C)CNCc1nnc(-c2ccccc2Br)o1. The molecular weight excluding hydrogens is 322 g/mol. The summed E-state index contributed by atoms with van der Waals surface area (Å²) in [7, 11) is 0. The molecule has 0 spiro atoms. The second-order valence-corrected chi connectivity index (χ2v) is 5.23. The van der Waals surface area contributed by atoms with Gasteiger partial charge in [-0.2, -0.15) is 0 Å². The summed E-state index contributed by atoms with van der Waals surface area (Å²) in [5.74, 6) is 1.09. The Morgan fingerprint density at radius 2 is 2.15 bits per heavy atom. The summed E-state index contributed by atoms with van der Waals surface area (Å²) >= 11 is 3.47. The van der Waals surface area contributed by atoms with Crippen molar-refractivity contribution in [1.29, 1.82) is 0 Å². The van der Waals surface area contributed by atoms with Gasteiger partial charge in [-0.25, -0.2) is 0 Å². The smallest absolute Gasteiger partial charge is 0.248 e. The standard InChI is InChI=1S/C14H18BrN3O2/c1-3-19-10(2)8-16-9-13-17-18-14(20-13)11-6-4-5-7-12(11)15/h4-7,10,16H,3,8-9H2,1-2H3. The number of aromatic nitrogens is 2. The molecule has 0 amide bonds. The maximum Gasteiger partial charge on any atom is 0.248 e. The molecule has 5 nitrogen and oxygen atoms in total. The van der Waals surface area contributed by atoms with E-state index in [-0.39, 0.29) is 6.10 Å². The summed E-state index contributed by atoms with van der Waals surface area (Å²) in [6, 6.07) is 7.76. The lowest BCUT2D eigenvalue weighted by atomic mass is 10.2. The first-order valence-corrected chi connectivity index (χ1v) is 7.39. The van der Waals surface area contributed by atoms with E-state index in [1.165, 1.54) is 0 Å². The molecule has 1 unspecified atom stereocenters. The first kappa shape index (κ1) is 15.2. The molecule has 1 N–H and O–H groups in total. The minimum Gasteiger partial charge on any atom is -0.419 e. The zero-order valence-electron chi connectivity index (χ0n) is 11.6. The van der Waals surface area contributed by atoms with Gasteiger partial charge in [-0.1, -0.05) is 12.1 Å². The lowest BCUT2D eigenvalue weighted by Gasteiger charge is -2.10. The number of nitrogens with zero attached hydrogens (tertiary/aromatic N) is 2. The Morgan fingerprint density at radius 1 is 1.35 bits per heavy atom. The molecular formula is C14H18BrN3O2. The Hall–Kier alpha value is -1.24. The van der Waals surface area contributed by atoms with Gasteiger partial charge in [0.15, 0.2) is 0 Å². The molecule has 6 heteroatoms. The van der Waals surface area contributed by atoms with Crippen molar-refractivity contribution in [1.82, 2.24) is 15.5 Å². The fourth-order valence-corrected chi connectivity index (χ4v) is 2.25. The van der Waals surface area contributed by atoms with E-state index in [1.807, 2.05) is 38.1 Å². The zero-order valence-corrected chi connectivity index (χ0v) is 13.2. The second kappa shape index (κ2) is 7.52. The van der Waals surface area contributed by atoms with Crippen molar-refractivity contribution in [2.45, 2.75) is 26.5 Å². The van der Waals surface area contributed by atoms with Crippen LogP contribution in [0.5, 0.6) is 0 Å². The van der Waals surface area contributed by atoms with Gasteiger partial charge in [0.25, 0.3) is 0 Å². The highest BCUT2D eigenvalue weighted by Crippen LogP contribution is 2.26. The Balaban J connectivity index is 1.91. The van der Waals surface area contributed by atoms with E-state index in [1.54, 1.807) is 0 Å². The average molecular weight is 340 g/mol. The molecule has 0 saturated heterocycles. The van der Waals surface area contributed by atoms with Crippen LogP contribution < -0.4 is 5.32 Å². The summed E-state index contributed by atoms with van der Waals surface area (Å²) in [6.45, 7) is 6.01. The Morgan fingerprint density at radius 3 is 2.90 bits per heavy atom. The molecule has 2 rings (SSSR count). The van der Waals surface area contributed by atoms with Crippen molar-refractivity contribution in [3.63, 3.8) is 0 Å². The molecule has 0 aliphatic carbocycles. The monoisotopic (exact) mass is 339 g/mol. The van der Waals surface area contributed by atoms with E-state index in [4.69, 9.17) is 9.15 Å². The summed E-state index contributed by atoms with van der Waals surface area (Å²) in [6.07, 6.45) is 0.172. The summed E-state index contributed by atoms with van der Waals surface area (Å²) in [5, 5.41) is 11.3. The van der Waals surface area contributed by atoms with Gasteiger partial charge in [-0.3, -0.25) is 0 Å². The van der Waals surface area contributed by atoms with Crippen LogP contribution in [0.4, 0.5) is 0 Å². The largest absolute Gasteiger partial charge is 0.419 e. The molecule has 20 heavy (non-hydrogen) atoms. The maximum absolute atomic E-state index is 5.64. The minimum atomic E-state index is 0.172. The first-order valence-electron chi connectivity index (χ1n) is 6.60. The van der Waals surface area contributed by atoms with Crippen LogP contribution in [-0.2, 0) is 11.3 Å². The third kappa shape index (κ3) is 4.13. The number of hydrogen-bond donors (Lipinski definition) is 1. The Bertz CT molecular complexity index is 545. The van der Waals surface area contributed by atoms with Crippen molar-refractivity contribution in [3.05, 3.63) is 34.6 Å². The van der Waals surface area contributed by atoms with Crippen molar-refractivity contribution in [2.24, 2.45) is 0 Å². The van der Waals surface area contributed by atoms with Crippen LogP contribution in [0.1, 0.15) is 19.7 Å². The quantitative estimate of drug-likeness (QED) is 0.840. The predicted molar refractivity (Wildman–Crippen MR) is 80.2 cm³/mol. The molecule has 1 atom stereocenters. The summed E-state index contributed by atoms with van der Waals surface area (Å²) < 4.78 is 12.0. The Labute approximate surface area is 126 Å². The van der Waals surface area contributed by atoms with Gasteiger partial charge >= 0.3 is 0 Å². The molecule has 0 aliphatic rings. The van der Waals surface area contributed by atoms with Gasteiger partial charge in [0.2, 0.25) is 11.8 Å². The van der Waals surface area contributed by atoms with Gasteiger partial charge in [0, 0.05) is 17.6 Å². The van der Waals surface area contributed by atoms with Gasteiger partial charge in [-0.15, -0.1) is 10.2 Å². The minimum absolute atomic E-state index is 0.172. The lowest BCUT2D eigenvalue weighted by molar-refractivity contribution is 0.0755. The van der Waals surface area contributed by atoms with Gasteiger partial charge in [0.1, 0.15) is 0 Å². The van der Waals surface area contributed by atoms with Gasteiger partial charge in [-0.05, 0) is 41.9 Å². The van der Waals surface area contributed by atoms with Crippen LogP contribution in [-0.4, -0.2) is 29.5 Å². The average Bonchev–Trinajstić information content (AvgIpc) is 2.88. The highest BCUT2D eigenvalue weighted by Gasteiger charge is 2.11. The molecule has 0 fully saturated rings. The maximum atomic E-state index is 5.64. The van der Waals surface area contributed by atoms with Crippen molar-refractivity contribution in [2.75, 3.05) is 13.2 Å². The molecule has 2 aromatic rings. The highest BCUT2D eigenvalue weighted by molar-refractivity contribution is 9.10. The number of hydrogen-bond acceptors (Lipinski definition) is 5. The lowest BCUT2D eigenvalue weighted by Crippen LogP contribution is -2.26. The number of benzene rings is 1. The molecule has 1 aromatic heterocycles. The van der Waals surface area contributed by atoms with Crippen LogP contribution in [0.2, 0.25) is 0 Å². The second-order valence-electron chi connectivity index (χ2n) is 4.38. The van der Waals surface area contributed by atoms with Gasteiger partial charge in [0.05, 0.1) is 18.2 Å². The van der Waals surface area contributed by atoms with E-state index < -0.39 is 0 Å². The van der Waals surface area contributed by atoms with Crippen LogP contribution >= 0.6 is 15.9 Å². The van der Waals surface area contributed by atoms with Crippen LogP contribution in [0, 0.1) is 0 Å². The molecule has 108 valence electrons. The van der Waals surface area contributed by atoms with Crippen LogP contribution in [0.3, 0.4) is 0 Å². The topological polar surface area (TPSA) is 60.2 Å². The Kier molecular flexibility index (Phi) is 5.70. The number of ether oxygens (including phenoxy) is 1. The number of nitrogens with one attached hydrogen (secondary N) is 1. The number of rotatable bonds is 7.